The summed E-state index contributed by atoms with van der Waals surface area (Å²) in [6, 6.07) is 4.64. The van der Waals surface area contributed by atoms with Crippen molar-refractivity contribution >= 4 is 19.5 Å². The summed E-state index contributed by atoms with van der Waals surface area (Å²) >= 11 is 0. The lowest BCUT2D eigenvalue weighted by atomic mass is 9.86. The van der Waals surface area contributed by atoms with E-state index in [-0.39, 0.29) is 0 Å². The molecule has 2 rings (SSSR count). The van der Waals surface area contributed by atoms with E-state index in [0.717, 1.165) is 16.3 Å². The predicted molar refractivity (Wildman–Crippen MR) is 94.8 cm³/mol. The largest absolute Gasteiger partial charge is 0.507 e. The maximum atomic E-state index is 10.6. The quantitative estimate of drug-likeness (QED) is 0.657. The van der Waals surface area contributed by atoms with E-state index in [2.05, 4.69) is 45.6 Å². The molecule has 0 bridgehead atoms. The number of nitrogens with zero attached hydrogens (tertiary/aromatic N) is 1. The van der Waals surface area contributed by atoms with E-state index < -0.39 is 8.07 Å². The summed E-state index contributed by atoms with van der Waals surface area (Å²) in [6.45, 7) is 11.1. The zero-order chi connectivity index (χ0) is 15.6. The molecule has 0 amide bonds. The first-order valence-electron chi connectivity index (χ1n) is 8.17. The Bertz CT molecular complexity index is 531. The van der Waals surface area contributed by atoms with Crippen molar-refractivity contribution in [3.05, 3.63) is 23.3 Å². The topological polar surface area (TPSA) is 32.6 Å². The second-order valence-corrected chi connectivity index (χ2v) is 12.6. The summed E-state index contributed by atoms with van der Waals surface area (Å²) in [6.07, 6.45) is 7.02. The fraction of sp³-hybridized carbons (Fsp3) is 0.611. The van der Waals surface area contributed by atoms with Gasteiger partial charge in [-0.25, -0.2) is 0 Å². The van der Waals surface area contributed by atoms with Crippen molar-refractivity contribution in [2.45, 2.75) is 65.2 Å². The van der Waals surface area contributed by atoms with E-state index in [0.29, 0.717) is 17.7 Å². The van der Waals surface area contributed by atoms with Crippen molar-refractivity contribution in [2.24, 2.45) is 10.9 Å². The number of hydrogen-bond donors (Lipinski definition) is 1. The Labute approximate surface area is 130 Å². The summed E-state index contributed by atoms with van der Waals surface area (Å²) in [5, 5.41) is 11.8. The lowest BCUT2D eigenvalue weighted by Gasteiger charge is -2.25. The van der Waals surface area contributed by atoms with Crippen molar-refractivity contribution < 1.29 is 5.11 Å². The fourth-order valence-electron chi connectivity index (χ4n) is 3.17. The van der Waals surface area contributed by atoms with Crippen LogP contribution in [-0.2, 0) is 0 Å². The number of aromatic hydroxyl groups is 1. The SMILES string of the molecule is Cc1ccc([Si](C)(C)C)c(O)c1C=NC1CCCCC1C. The number of aliphatic imine (C=N–C) groups is 1. The van der Waals surface area contributed by atoms with Gasteiger partial charge in [0.1, 0.15) is 5.75 Å². The van der Waals surface area contributed by atoms with Crippen LogP contribution in [0.1, 0.15) is 43.7 Å². The van der Waals surface area contributed by atoms with Gasteiger partial charge in [0.05, 0.1) is 14.1 Å². The second kappa shape index (κ2) is 6.35. The van der Waals surface area contributed by atoms with Gasteiger partial charge in [-0.1, -0.05) is 51.5 Å². The number of hydrogen-bond acceptors (Lipinski definition) is 2. The number of benzene rings is 1. The average Bonchev–Trinajstić information content (AvgIpc) is 2.38. The van der Waals surface area contributed by atoms with Crippen LogP contribution in [0.4, 0.5) is 0 Å². The standard InChI is InChI=1S/C18H29NOSi/c1-13-10-11-17(21(3,4)5)18(20)15(13)12-19-16-9-7-6-8-14(16)2/h10-12,14,16,20H,6-9H2,1-5H3. The molecule has 2 atom stereocenters. The molecular weight excluding hydrogens is 274 g/mol. The van der Waals surface area contributed by atoms with Crippen LogP contribution in [0.3, 0.4) is 0 Å². The van der Waals surface area contributed by atoms with Crippen LogP contribution >= 0.6 is 0 Å². The molecule has 0 saturated heterocycles. The molecular formula is C18H29NOSi. The smallest absolute Gasteiger partial charge is 0.123 e. The summed E-state index contributed by atoms with van der Waals surface area (Å²) in [5.41, 5.74) is 2.04. The molecule has 1 N–H and O–H groups in total. The van der Waals surface area contributed by atoms with Gasteiger partial charge < -0.3 is 5.11 Å². The third kappa shape index (κ3) is 3.76. The van der Waals surface area contributed by atoms with Gasteiger partial charge in [-0.15, -0.1) is 0 Å². The summed E-state index contributed by atoms with van der Waals surface area (Å²) < 4.78 is 0. The highest BCUT2D eigenvalue weighted by atomic mass is 28.3. The monoisotopic (exact) mass is 303 g/mol. The minimum absolute atomic E-state index is 0.424. The number of phenolic OH excluding ortho intramolecular Hbond substituents is 1. The van der Waals surface area contributed by atoms with Gasteiger partial charge in [0.2, 0.25) is 0 Å². The first kappa shape index (κ1) is 16.3. The molecule has 0 heterocycles. The van der Waals surface area contributed by atoms with E-state index in [9.17, 15) is 5.11 Å². The number of aryl methyl sites for hydroxylation is 1. The van der Waals surface area contributed by atoms with Gasteiger partial charge in [0.15, 0.2) is 0 Å². The van der Waals surface area contributed by atoms with E-state index >= 15 is 0 Å². The first-order valence-corrected chi connectivity index (χ1v) is 11.7. The molecule has 0 aliphatic heterocycles. The molecule has 3 heteroatoms. The lowest BCUT2D eigenvalue weighted by Crippen LogP contribution is -2.38. The molecule has 1 fully saturated rings. The molecule has 1 aromatic rings. The molecule has 2 unspecified atom stereocenters. The third-order valence-corrected chi connectivity index (χ3v) is 6.72. The highest BCUT2D eigenvalue weighted by molar-refractivity contribution is 6.89. The minimum Gasteiger partial charge on any atom is -0.507 e. The van der Waals surface area contributed by atoms with Crippen molar-refractivity contribution in [1.29, 1.82) is 0 Å². The molecule has 1 saturated carbocycles. The van der Waals surface area contributed by atoms with Gasteiger partial charge in [-0.05, 0) is 36.4 Å². The van der Waals surface area contributed by atoms with Crippen molar-refractivity contribution in [2.75, 3.05) is 0 Å². The molecule has 0 radical (unpaired) electrons. The Kier molecular flexibility index (Phi) is 4.92. The van der Waals surface area contributed by atoms with Crippen molar-refractivity contribution in [3.8, 4) is 5.75 Å². The maximum Gasteiger partial charge on any atom is 0.123 e. The highest BCUT2D eigenvalue weighted by Gasteiger charge is 2.23. The van der Waals surface area contributed by atoms with Gasteiger partial charge in [-0.3, -0.25) is 4.99 Å². The normalized spacial score (nSPS) is 23.7. The van der Waals surface area contributed by atoms with E-state index in [1.807, 2.05) is 6.21 Å². The second-order valence-electron chi connectivity index (χ2n) is 7.55. The third-order valence-electron chi connectivity index (χ3n) is 4.70. The van der Waals surface area contributed by atoms with E-state index in [4.69, 9.17) is 4.99 Å². The first-order chi connectivity index (χ1) is 9.80. The fourth-order valence-corrected chi connectivity index (χ4v) is 4.59. The highest BCUT2D eigenvalue weighted by Crippen LogP contribution is 2.27. The van der Waals surface area contributed by atoms with Crippen LogP contribution in [-0.4, -0.2) is 25.4 Å². The molecule has 0 spiro atoms. The Morgan fingerprint density at radius 2 is 1.86 bits per heavy atom. The average molecular weight is 304 g/mol. The van der Waals surface area contributed by atoms with Crippen LogP contribution in [0.2, 0.25) is 19.6 Å². The summed E-state index contributed by atoms with van der Waals surface area (Å²) in [5.74, 6) is 1.12. The number of rotatable bonds is 3. The maximum absolute atomic E-state index is 10.6. The molecule has 1 aromatic carbocycles. The Morgan fingerprint density at radius 1 is 1.19 bits per heavy atom. The zero-order valence-corrected chi connectivity index (χ0v) is 15.1. The van der Waals surface area contributed by atoms with E-state index in [1.165, 1.54) is 25.7 Å². The number of phenols is 1. The molecule has 21 heavy (non-hydrogen) atoms. The van der Waals surface area contributed by atoms with Gasteiger partial charge in [0, 0.05) is 11.8 Å². The van der Waals surface area contributed by atoms with Crippen LogP contribution in [0.5, 0.6) is 5.75 Å². The van der Waals surface area contributed by atoms with Crippen molar-refractivity contribution in [1.82, 2.24) is 0 Å². The van der Waals surface area contributed by atoms with E-state index in [1.54, 1.807) is 0 Å². The molecule has 1 aliphatic rings. The summed E-state index contributed by atoms with van der Waals surface area (Å²) in [4.78, 5) is 4.81. The van der Waals surface area contributed by atoms with Gasteiger partial charge in [0.25, 0.3) is 0 Å². The van der Waals surface area contributed by atoms with Crippen LogP contribution in [0.15, 0.2) is 17.1 Å². The zero-order valence-electron chi connectivity index (χ0n) is 14.1. The molecule has 1 aliphatic carbocycles. The Morgan fingerprint density at radius 3 is 2.48 bits per heavy atom. The predicted octanol–water partition coefficient (Wildman–Crippen LogP) is 4.24. The molecule has 0 aromatic heterocycles. The Balaban J connectivity index is 2.31. The van der Waals surface area contributed by atoms with Crippen LogP contribution in [0, 0.1) is 12.8 Å². The molecule has 116 valence electrons. The minimum atomic E-state index is -1.53. The van der Waals surface area contributed by atoms with Crippen molar-refractivity contribution in [3.63, 3.8) is 0 Å². The lowest BCUT2D eigenvalue weighted by molar-refractivity contribution is 0.333. The summed E-state index contributed by atoms with van der Waals surface area (Å²) in [7, 11) is -1.53. The molecule has 2 nitrogen and oxygen atoms in total. The van der Waals surface area contributed by atoms with Gasteiger partial charge in [-0.2, -0.15) is 0 Å². The van der Waals surface area contributed by atoms with Crippen LogP contribution < -0.4 is 5.19 Å². The van der Waals surface area contributed by atoms with Crippen LogP contribution in [0.25, 0.3) is 0 Å². The van der Waals surface area contributed by atoms with Gasteiger partial charge >= 0.3 is 0 Å². The Hall–Kier alpha value is -1.09.